The molecule has 1 aromatic heterocycles. The van der Waals surface area contributed by atoms with E-state index in [1.807, 2.05) is 0 Å². The SMILES string of the molecule is COc1ccc(C(O)=C2C(=O)C(=O)N(CCN3CCOCC3)[C@H]2c2cccnc2)cc1Cl. The molecule has 0 bridgehead atoms. The normalized spacial score (nSPS) is 21.2. The molecule has 8 nitrogen and oxygen atoms in total. The van der Waals surface area contributed by atoms with Crippen molar-refractivity contribution in [3.8, 4) is 5.75 Å². The van der Waals surface area contributed by atoms with E-state index in [1.165, 1.54) is 18.1 Å². The molecule has 1 N–H and O–H groups in total. The van der Waals surface area contributed by atoms with Gasteiger partial charge in [0.05, 0.1) is 37.0 Å². The molecule has 32 heavy (non-hydrogen) atoms. The number of amides is 1. The van der Waals surface area contributed by atoms with E-state index in [9.17, 15) is 14.7 Å². The summed E-state index contributed by atoms with van der Waals surface area (Å²) in [5.41, 5.74) is 0.997. The number of aliphatic hydroxyl groups excluding tert-OH is 1. The first kappa shape index (κ1) is 22.3. The molecule has 2 aromatic rings. The summed E-state index contributed by atoms with van der Waals surface area (Å²) in [6.07, 6.45) is 3.22. The fraction of sp³-hybridized carbons (Fsp3) is 0.348. The van der Waals surface area contributed by atoms with E-state index in [0.717, 1.165) is 13.1 Å². The quantitative estimate of drug-likeness (QED) is 0.404. The summed E-state index contributed by atoms with van der Waals surface area (Å²) < 4.78 is 10.5. The van der Waals surface area contributed by atoms with Crippen molar-refractivity contribution in [2.75, 3.05) is 46.5 Å². The van der Waals surface area contributed by atoms with Gasteiger partial charge in [-0.25, -0.2) is 0 Å². The van der Waals surface area contributed by atoms with Crippen LogP contribution in [0.1, 0.15) is 17.2 Å². The van der Waals surface area contributed by atoms with E-state index in [2.05, 4.69) is 9.88 Å². The number of carbonyl (C=O) groups is 2. The number of likely N-dealkylation sites (tertiary alicyclic amines) is 1. The third-order valence-corrected chi connectivity index (χ3v) is 6.02. The molecule has 9 heteroatoms. The number of aromatic nitrogens is 1. The van der Waals surface area contributed by atoms with Crippen molar-refractivity contribution >= 4 is 29.1 Å². The maximum Gasteiger partial charge on any atom is 0.295 e. The second-order valence-electron chi connectivity index (χ2n) is 7.58. The number of rotatable bonds is 6. The maximum atomic E-state index is 13.1. The largest absolute Gasteiger partial charge is 0.507 e. The molecule has 0 unspecified atom stereocenters. The smallest absolute Gasteiger partial charge is 0.295 e. The average molecular weight is 458 g/mol. The minimum Gasteiger partial charge on any atom is -0.507 e. The Morgan fingerprint density at radius 1 is 1.25 bits per heavy atom. The lowest BCUT2D eigenvalue weighted by molar-refractivity contribution is -0.140. The molecule has 0 spiro atoms. The molecular formula is C23H24ClN3O5. The van der Waals surface area contributed by atoms with Crippen LogP contribution in [0.2, 0.25) is 5.02 Å². The molecule has 2 fully saturated rings. The molecule has 1 atom stereocenters. The summed E-state index contributed by atoms with van der Waals surface area (Å²) in [7, 11) is 1.49. The summed E-state index contributed by atoms with van der Waals surface area (Å²) in [5, 5.41) is 11.4. The number of methoxy groups -OCH3 is 1. The van der Waals surface area contributed by atoms with Crippen LogP contribution >= 0.6 is 11.6 Å². The van der Waals surface area contributed by atoms with E-state index in [4.69, 9.17) is 21.1 Å². The lowest BCUT2D eigenvalue weighted by Crippen LogP contribution is -2.42. The Labute approximate surface area is 191 Å². The summed E-state index contributed by atoms with van der Waals surface area (Å²) in [5.74, 6) is -1.22. The number of pyridine rings is 1. The minimum absolute atomic E-state index is 0.0196. The molecule has 1 amide bonds. The topological polar surface area (TPSA) is 92.2 Å². The highest BCUT2D eigenvalue weighted by Crippen LogP contribution is 2.39. The fourth-order valence-corrected chi connectivity index (χ4v) is 4.30. The second-order valence-corrected chi connectivity index (χ2v) is 7.99. The summed E-state index contributed by atoms with van der Waals surface area (Å²) in [4.78, 5) is 33.9. The zero-order chi connectivity index (χ0) is 22.7. The van der Waals surface area contributed by atoms with Gasteiger partial charge < -0.3 is 19.5 Å². The monoisotopic (exact) mass is 457 g/mol. The zero-order valence-corrected chi connectivity index (χ0v) is 18.4. The summed E-state index contributed by atoms with van der Waals surface area (Å²) in [6, 6.07) is 7.50. The van der Waals surface area contributed by atoms with Gasteiger partial charge >= 0.3 is 0 Å². The first-order valence-electron chi connectivity index (χ1n) is 10.3. The van der Waals surface area contributed by atoms with E-state index in [1.54, 1.807) is 36.7 Å². The number of ketones is 1. The van der Waals surface area contributed by atoms with Crippen LogP contribution in [0.5, 0.6) is 5.75 Å². The Kier molecular flexibility index (Phi) is 6.74. The highest BCUT2D eigenvalue weighted by atomic mass is 35.5. The standard InChI is InChI=1S/C23H24ClN3O5/c1-31-18-5-4-15(13-17(18)24)21(28)19-20(16-3-2-6-25-14-16)27(23(30)22(19)29)8-7-26-9-11-32-12-10-26/h2-6,13-14,20,28H,7-12H2,1H3/t20-/m0/s1. The lowest BCUT2D eigenvalue weighted by Gasteiger charge is -2.30. The average Bonchev–Trinajstić information content (AvgIpc) is 3.08. The van der Waals surface area contributed by atoms with Gasteiger partial charge in [0.1, 0.15) is 11.5 Å². The van der Waals surface area contributed by atoms with Crippen LogP contribution in [-0.4, -0.2) is 78.1 Å². The number of halogens is 1. The zero-order valence-electron chi connectivity index (χ0n) is 17.7. The van der Waals surface area contributed by atoms with Gasteiger partial charge in [-0.3, -0.25) is 19.5 Å². The molecule has 0 radical (unpaired) electrons. The van der Waals surface area contributed by atoms with Crippen LogP contribution in [0, 0.1) is 0 Å². The molecule has 1 aromatic carbocycles. The van der Waals surface area contributed by atoms with E-state index < -0.39 is 17.7 Å². The number of aliphatic hydroxyl groups is 1. The Morgan fingerprint density at radius 3 is 2.69 bits per heavy atom. The summed E-state index contributed by atoms with van der Waals surface area (Å²) in [6.45, 7) is 3.76. The van der Waals surface area contributed by atoms with Crippen molar-refractivity contribution in [1.29, 1.82) is 0 Å². The third kappa shape index (κ3) is 4.34. The van der Waals surface area contributed by atoms with Crippen molar-refractivity contribution < 1.29 is 24.2 Å². The van der Waals surface area contributed by atoms with Gasteiger partial charge in [0, 0.05) is 44.1 Å². The summed E-state index contributed by atoms with van der Waals surface area (Å²) >= 11 is 6.22. The first-order chi connectivity index (χ1) is 15.5. The van der Waals surface area contributed by atoms with E-state index in [-0.39, 0.29) is 16.4 Å². The van der Waals surface area contributed by atoms with Crippen LogP contribution < -0.4 is 4.74 Å². The molecule has 0 saturated carbocycles. The molecule has 168 valence electrons. The minimum atomic E-state index is -0.745. The fourth-order valence-electron chi connectivity index (χ4n) is 4.04. The van der Waals surface area contributed by atoms with E-state index >= 15 is 0 Å². The van der Waals surface area contributed by atoms with Gasteiger partial charge in [-0.1, -0.05) is 17.7 Å². The highest BCUT2D eigenvalue weighted by Gasteiger charge is 2.46. The molecule has 4 rings (SSSR count). The van der Waals surface area contributed by atoms with Crippen molar-refractivity contribution in [2.45, 2.75) is 6.04 Å². The van der Waals surface area contributed by atoms with Crippen molar-refractivity contribution in [2.24, 2.45) is 0 Å². The van der Waals surface area contributed by atoms with Crippen molar-refractivity contribution in [1.82, 2.24) is 14.8 Å². The van der Waals surface area contributed by atoms with Crippen LogP contribution in [0.4, 0.5) is 0 Å². The van der Waals surface area contributed by atoms with Crippen molar-refractivity contribution in [3.05, 3.63) is 64.4 Å². The first-order valence-corrected chi connectivity index (χ1v) is 10.7. The molecule has 2 aliphatic heterocycles. The van der Waals surface area contributed by atoms with Gasteiger partial charge in [0.15, 0.2) is 0 Å². The van der Waals surface area contributed by atoms with E-state index in [0.29, 0.717) is 43.2 Å². The number of benzene rings is 1. The number of carbonyl (C=O) groups excluding carboxylic acids is 2. The Bertz CT molecular complexity index is 1040. The number of nitrogens with zero attached hydrogens (tertiary/aromatic N) is 3. The maximum absolute atomic E-state index is 13.1. The Hall–Kier alpha value is -2.94. The number of ether oxygens (including phenoxy) is 2. The second kappa shape index (κ2) is 9.68. The number of Topliss-reactive ketones (excluding diaryl/α,β-unsaturated/α-hetero) is 1. The Morgan fingerprint density at radius 2 is 2.03 bits per heavy atom. The van der Waals surface area contributed by atoms with Crippen LogP contribution in [0.3, 0.4) is 0 Å². The molecule has 3 heterocycles. The van der Waals surface area contributed by atoms with Crippen LogP contribution in [0.25, 0.3) is 5.76 Å². The predicted molar refractivity (Wildman–Crippen MR) is 119 cm³/mol. The van der Waals surface area contributed by atoms with Crippen LogP contribution in [-0.2, 0) is 14.3 Å². The molecule has 2 saturated heterocycles. The van der Waals surface area contributed by atoms with Gasteiger partial charge in [-0.2, -0.15) is 0 Å². The highest BCUT2D eigenvalue weighted by molar-refractivity contribution is 6.46. The number of hydrogen-bond donors (Lipinski definition) is 1. The predicted octanol–water partition coefficient (Wildman–Crippen LogP) is 2.50. The molecular weight excluding hydrogens is 434 g/mol. The Balaban J connectivity index is 1.72. The number of hydrogen-bond acceptors (Lipinski definition) is 7. The van der Waals surface area contributed by atoms with Gasteiger partial charge in [-0.05, 0) is 29.8 Å². The molecule has 0 aliphatic carbocycles. The lowest BCUT2D eigenvalue weighted by atomic mass is 9.96. The number of morpholine rings is 1. The molecule has 2 aliphatic rings. The third-order valence-electron chi connectivity index (χ3n) is 5.73. The van der Waals surface area contributed by atoms with Gasteiger partial charge in [0.25, 0.3) is 11.7 Å². The van der Waals surface area contributed by atoms with Crippen LogP contribution in [0.15, 0.2) is 48.3 Å². The van der Waals surface area contributed by atoms with Gasteiger partial charge in [-0.15, -0.1) is 0 Å². The van der Waals surface area contributed by atoms with Crippen molar-refractivity contribution in [3.63, 3.8) is 0 Å². The van der Waals surface area contributed by atoms with Gasteiger partial charge in [0.2, 0.25) is 0 Å².